The van der Waals surface area contributed by atoms with E-state index in [1.165, 1.54) is 31.2 Å². The molecule has 0 aromatic heterocycles. The fourth-order valence-corrected chi connectivity index (χ4v) is 2.04. The molecule has 0 radical (unpaired) electrons. The lowest BCUT2D eigenvalue weighted by Gasteiger charge is -2.14. The van der Waals surface area contributed by atoms with Crippen LogP contribution in [-0.2, 0) is 6.54 Å². The van der Waals surface area contributed by atoms with Crippen molar-refractivity contribution < 1.29 is 4.74 Å². The number of hydrogen-bond acceptors (Lipinski definition) is 2. The quantitative estimate of drug-likeness (QED) is 0.664. The van der Waals surface area contributed by atoms with Crippen LogP contribution in [0.3, 0.4) is 0 Å². The van der Waals surface area contributed by atoms with Crippen LogP contribution in [0.4, 0.5) is 0 Å². The molecule has 2 nitrogen and oxygen atoms in total. The topological polar surface area (TPSA) is 21.3 Å². The summed E-state index contributed by atoms with van der Waals surface area (Å²) in [6, 6.07) is 8.37. The summed E-state index contributed by atoms with van der Waals surface area (Å²) in [6.07, 6.45) is 6.70. The van der Waals surface area contributed by atoms with Crippen LogP contribution in [0.15, 0.2) is 24.3 Å². The van der Waals surface area contributed by atoms with Gasteiger partial charge in [-0.05, 0) is 44.5 Å². The van der Waals surface area contributed by atoms with Gasteiger partial charge in [0.05, 0.1) is 6.10 Å². The van der Waals surface area contributed by atoms with Gasteiger partial charge in [-0.25, -0.2) is 0 Å². The van der Waals surface area contributed by atoms with Gasteiger partial charge in [0, 0.05) is 6.54 Å². The standard InChI is InChI=1S/C16H27NO/c1-4-5-6-7-8-14(2)18-16-11-9-15(10-12-16)13-17-3/h9-12,14,17H,4-8,13H2,1-3H3. The van der Waals surface area contributed by atoms with E-state index in [4.69, 9.17) is 4.74 Å². The fourth-order valence-electron chi connectivity index (χ4n) is 2.04. The van der Waals surface area contributed by atoms with Crippen LogP contribution in [0.5, 0.6) is 5.75 Å². The smallest absolute Gasteiger partial charge is 0.119 e. The van der Waals surface area contributed by atoms with Crippen molar-refractivity contribution in [3.05, 3.63) is 29.8 Å². The Kier molecular flexibility index (Phi) is 7.51. The summed E-state index contributed by atoms with van der Waals surface area (Å²) < 4.78 is 5.91. The Hall–Kier alpha value is -1.02. The molecule has 1 aromatic carbocycles. The summed E-state index contributed by atoms with van der Waals surface area (Å²) in [5.74, 6) is 0.984. The van der Waals surface area contributed by atoms with Crippen molar-refractivity contribution in [1.29, 1.82) is 0 Å². The second-order valence-electron chi connectivity index (χ2n) is 4.95. The second-order valence-corrected chi connectivity index (χ2v) is 4.95. The monoisotopic (exact) mass is 249 g/mol. The number of rotatable bonds is 9. The van der Waals surface area contributed by atoms with Gasteiger partial charge in [-0.15, -0.1) is 0 Å². The summed E-state index contributed by atoms with van der Waals surface area (Å²) in [6.45, 7) is 5.31. The fraction of sp³-hybridized carbons (Fsp3) is 0.625. The van der Waals surface area contributed by atoms with Crippen LogP contribution >= 0.6 is 0 Å². The van der Waals surface area contributed by atoms with Gasteiger partial charge in [0.1, 0.15) is 5.75 Å². The average Bonchev–Trinajstić information content (AvgIpc) is 2.37. The molecule has 0 aliphatic carbocycles. The summed E-state index contributed by atoms with van der Waals surface area (Å²) in [7, 11) is 1.96. The Bertz CT molecular complexity index is 307. The largest absolute Gasteiger partial charge is 0.491 e. The lowest BCUT2D eigenvalue weighted by molar-refractivity contribution is 0.206. The predicted molar refractivity (Wildman–Crippen MR) is 78.1 cm³/mol. The molecule has 1 aromatic rings. The first-order valence-corrected chi connectivity index (χ1v) is 7.16. The Morgan fingerprint density at radius 2 is 1.83 bits per heavy atom. The predicted octanol–water partition coefficient (Wildman–Crippen LogP) is 4.14. The SMILES string of the molecule is CCCCCCC(C)Oc1ccc(CNC)cc1. The van der Waals surface area contributed by atoms with Crippen molar-refractivity contribution in [3.8, 4) is 5.75 Å². The molecule has 1 unspecified atom stereocenters. The molecule has 0 saturated carbocycles. The summed E-state index contributed by atoms with van der Waals surface area (Å²) in [5, 5.41) is 3.14. The van der Waals surface area contributed by atoms with Gasteiger partial charge in [0.2, 0.25) is 0 Å². The third-order valence-electron chi connectivity index (χ3n) is 3.11. The lowest BCUT2D eigenvalue weighted by Crippen LogP contribution is -2.11. The van der Waals surface area contributed by atoms with Gasteiger partial charge in [-0.3, -0.25) is 0 Å². The molecule has 1 atom stereocenters. The van der Waals surface area contributed by atoms with E-state index in [1.54, 1.807) is 0 Å². The highest BCUT2D eigenvalue weighted by Gasteiger charge is 2.03. The molecule has 0 bridgehead atoms. The van der Waals surface area contributed by atoms with E-state index in [-0.39, 0.29) is 0 Å². The molecule has 1 N–H and O–H groups in total. The summed E-state index contributed by atoms with van der Waals surface area (Å²) in [5.41, 5.74) is 1.29. The number of ether oxygens (including phenoxy) is 1. The molecule has 102 valence electrons. The van der Waals surface area contributed by atoms with Gasteiger partial charge in [0.25, 0.3) is 0 Å². The Morgan fingerprint density at radius 3 is 2.44 bits per heavy atom. The van der Waals surface area contributed by atoms with Crippen molar-refractivity contribution in [1.82, 2.24) is 5.32 Å². The highest BCUT2D eigenvalue weighted by atomic mass is 16.5. The summed E-state index contributed by atoms with van der Waals surface area (Å²) >= 11 is 0. The molecule has 0 heterocycles. The third-order valence-corrected chi connectivity index (χ3v) is 3.11. The minimum absolute atomic E-state index is 0.317. The number of hydrogen-bond donors (Lipinski definition) is 1. The van der Waals surface area contributed by atoms with E-state index in [9.17, 15) is 0 Å². The molecular weight excluding hydrogens is 222 g/mol. The van der Waals surface area contributed by atoms with Gasteiger partial charge >= 0.3 is 0 Å². The molecular formula is C16H27NO. The second kappa shape index (κ2) is 8.98. The minimum atomic E-state index is 0.317. The number of benzene rings is 1. The van der Waals surface area contributed by atoms with Crippen LogP contribution in [-0.4, -0.2) is 13.2 Å². The van der Waals surface area contributed by atoms with Crippen molar-refractivity contribution in [2.24, 2.45) is 0 Å². The Balaban J connectivity index is 2.28. The maximum Gasteiger partial charge on any atom is 0.119 e. The zero-order chi connectivity index (χ0) is 13.2. The van der Waals surface area contributed by atoms with Gasteiger partial charge in [-0.1, -0.05) is 38.3 Å². The van der Waals surface area contributed by atoms with Crippen molar-refractivity contribution in [3.63, 3.8) is 0 Å². The first-order valence-electron chi connectivity index (χ1n) is 7.16. The van der Waals surface area contributed by atoms with E-state index in [2.05, 4.69) is 43.4 Å². The molecule has 0 fully saturated rings. The zero-order valence-corrected chi connectivity index (χ0v) is 12.0. The number of nitrogens with one attached hydrogen (secondary N) is 1. The van der Waals surface area contributed by atoms with Crippen LogP contribution in [0.2, 0.25) is 0 Å². The molecule has 2 heteroatoms. The van der Waals surface area contributed by atoms with Crippen LogP contribution in [0.1, 0.15) is 51.5 Å². The van der Waals surface area contributed by atoms with Gasteiger partial charge < -0.3 is 10.1 Å². The first kappa shape index (κ1) is 15.0. The molecule has 0 aliphatic rings. The van der Waals surface area contributed by atoms with E-state index in [1.807, 2.05) is 7.05 Å². The normalized spacial score (nSPS) is 12.4. The van der Waals surface area contributed by atoms with E-state index in [0.717, 1.165) is 18.7 Å². The van der Waals surface area contributed by atoms with Crippen molar-refractivity contribution >= 4 is 0 Å². The molecule has 0 spiro atoms. The lowest BCUT2D eigenvalue weighted by atomic mass is 10.1. The molecule has 1 rings (SSSR count). The van der Waals surface area contributed by atoms with Crippen molar-refractivity contribution in [2.75, 3.05) is 7.05 Å². The van der Waals surface area contributed by atoms with Crippen LogP contribution in [0.25, 0.3) is 0 Å². The molecule has 18 heavy (non-hydrogen) atoms. The zero-order valence-electron chi connectivity index (χ0n) is 12.0. The highest BCUT2D eigenvalue weighted by Crippen LogP contribution is 2.16. The molecule has 0 aliphatic heterocycles. The maximum absolute atomic E-state index is 5.91. The Morgan fingerprint density at radius 1 is 1.11 bits per heavy atom. The van der Waals surface area contributed by atoms with Gasteiger partial charge in [-0.2, -0.15) is 0 Å². The van der Waals surface area contributed by atoms with E-state index in [0.29, 0.717) is 6.10 Å². The van der Waals surface area contributed by atoms with Crippen LogP contribution in [0, 0.1) is 0 Å². The van der Waals surface area contributed by atoms with Crippen LogP contribution < -0.4 is 10.1 Å². The highest BCUT2D eigenvalue weighted by molar-refractivity contribution is 5.27. The average molecular weight is 249 g/mol. The summed E-state index contributed by atoms with van der Waals surface area (Å²) in [4.78, 5) is 0. The maximum atomic E-state index is 5.91. The van der Waals surface area contributed by atoms with E-state index < -0.39 is 0 Å². The third kappa shape index (κ3) is 6.06. The molecule has 0 saturated heterocycles. The van der Waals surface area contributed by atoms with Gasteiger partial charge in [0.15, 0.2) is 0 Å². The Labute approximate surface area is 112 Å². The van der Waals surface area contributed by atoms with E-state index >= 15 is 0 Å². The number of unbranched alkanes of at least 4 members (excludes halogenated alkanes) is 3. The van der Waals surface area contributed by atoms with Crippen molar-refractivity contribution in [2.45, 2.75) is 58.6 Å². The molecule has 0 amide bonds. The first-order chi connectivity index (χ1) is 8.76. The minimum Gasteiger partial charge on any atom is -0.491 e.